The predicted octanol–water partition coefficient (Wildman–Crippen LogP) is 1.07. The number of carboxylic acids is 1. The molecule has 2 rings (SSSR count). The average molecular weight is 232 g/mol. The summed E-state index contributed by atoms with van der Waals surface area (Å²) >= 11 is 0. The highest BCUT2D eigenvalue weighted by Gasteiger charge is 2.08. The van der Waals surface area contributed by atoms with Gasteiger partial charge in [-0.25, -0.2) is 0 Å². The van der Waals surface area contributed by atoms with Crippen LogP contribution < -0.4 is 0 Å². The summed E-state index contributed by atoms with van der Waals surface area (Å²) in [7, 11) is 0. The van der Waals surface area contributed by atoms with Gasteiger partial charge in [0, 0.05) is 12.8 Å². The van der Waals surface area contributed by atoms with Crippen LogP contribution in [0.3, 0.4) is 0 Å². The summed E-state index contributed by atoms with van der Waals surface area (Å²) in [6.07, 6.45) is 1.21. The van der Waals surface area contributed by atoms with E-state index in [4.69, 9.17) is 5.11 Å². The van der Waals surface area contributed by atoms with E-state index in [1.807, 2.05) is 30.3 Å². The van der Waals surface area contributed by atoms with Gasteiger partial charge in [0.15, 0.2) is 5.82 Å². The number of aromatic nitrogens is 4. The topological polar surface area (TPSA) is 80.9 Å². The van der Waals surface area contributed by atoms with Crippen molar-refractivity contribution in [2.24, 2.45) is 0 Å². The molecule has 0 saturated carbocycles. The van der Waals surface area contributed by atoms with E-state index in [0.717, 1.165) is 5.69 Å². The van der Waals surface area contributed by atoms with E-state index in [9.17, 15) is 4.79 Å². The molecule has 0 amide bonds. The van der Waals surface area contributed by atoms with E-state index < -0.39 is 5.97 Å². The highest BCUT2D eigenvalue weighted by Crippen LogP contribution is 2.09. The number of tetrazole rings is 1. The van der Waals surface area contributed by atoms with Crippen molar-refractivity contribution in [2.45, 2.75) is 19.3 Å². The van der Waals surface area contributed by atoms with Gasteiger partial charge >= 0.3 is 5.97 Å². The Balaban J connectivity index is 2.10. The van der Waals surface area contributed by atoms with Gasteiger partial charge in [-0.15, -0.1) is 5.10 Å². The number of hydrogen-bond donors (Lipinski definition) is 1. The highest BCUT2D eigenvalue weighted by atomic mass is 16.4. The zero-order chi connectivity index (χ0) is 12.1. The molecule has 1 heterocycles. The number of benzene rings is 1. The van der Waals surface area contributed by atoms with Gasteiger partial charge in [0.2, 0.25) is 0 Å². The molecule has 0 radical (unpaired) electrons. The third-order valence-corrected chi connectivity index (χ3v) is 2.33. The lowest BCUT2D eigenvalue weighted by Gasteiger charge is -2.02. The van der Waals surface area contributed by atoms with Gasteiger partial charge in [-0.2, -0.15) is 4.68 Å². The molecule has 2 aromatic rings. The van der Waals surface area contributed by atoms with Gasteiger partial charge < -0.3 is 5.11 Å². The molecule has 1 aromatic carbocycles. The van der Waals surface area contributed by atoms with Crippen molar-refractivity contribution in [1.29, 1.82) is 0 Å². The summed E-state index contributed by atoms with van der Waals surface area (Å²) in [5, 5.41) is 20.0. The number of carbonyl (C=O) groups is 1. The molecule has 0 bridgehead atoms. The first-order valence-electron chi connectivity index (χ1n) is 5.32. The molecule has 0 aliphatic rings. The van der Waals surface area contributed by atoms with Crippen molar-refractivity contribution in [3.05, 3.63) is 36.2 Å². The van der Waals surface area contributed by atoms with E-state index in [-0.39, 0.29) is 6.42 Å². The minimum atomic E-state index is -0.802. The second-order valence-electron chi connectivity index (χ2n) is 3.59. The van der Waals surface area contributed by atoms with Crippen LogP contribution in [-0.4, -0.2) is 31.3 Å². The Hall–Kier alpha value is -2.24. The summed E-state index contributed by atoms with van der Waals surface area (Å²) in [4.78, 5) is 10.4. The second kappa shape index (κ2) is 5.20. The van der Waals surface area contributed by atoms with Crippen molar-refractivity contribution in [1.82, 2.24) is 20.2 Å². The molecule has 0 atom stereocenters. The van der Waals surface area contributed by atoms with Crippen molar-refractivity contribution in [3.8, 4) is 5.69 Å². The summed E-state index contributed by atoms with van der Waals surface area (Å²) in [6.45, 7) is 0. The Labute approximate surface area is 97.9 Å². The van der Waals surface area contributed by atoms with E-state index in [2.05, 4.69) is 15.5 Å². The van der Waals surface area contributed by atoms with Gasteiger partial charge in [0.1, 0.15) is 0 Å². The molecule has 0 saturated heterocycles. The van der Waals surface area contributed by atoms with Crippen LogP contribution in [0.4, 0.5) is 0 Å². The molecular weight excluding hydrogens is 220 g/mol. The van der Waals surface area contributed by atoms with Crippen LogP contribution in [0, 0.1) is 0 Å². The van der Waals surface area contributed by atoms with Crippen molar-refractivity contribution in [3.63, 3.8) is 0 Å². The molecule has 1 aromatic heterocycles. The molecule has 6 heteroatoms. The molecule has 0 unspecified atom stereocenters. The maximum atomic E-state index is 10.4. The van der Waals surface area contributed by atoms with Crippen LogP contribution >= 0.6 is 0 Å². The standard InChI is InChI=1S/C11H12N4O2/c16-11(17)8-4-7-10-12-13-14-15(10)9-5-2-1-3-6-9/h1-3,5-6H,4,7-8H2,(H,16,17). The average Bonchev–Trinajstić information content (AvgIpc) is 2.78. The maximum Gasteiger partial charge on any atom is 0.303 e. The third-order valence-electron chi connectivity index (χ3n) is 2.33. The normalized spacial score (nSPS) is 10.4. The molecule has 88 valence electrons. The fraction of sp³-hybridized carbons (Fsp3) is 0.273. The van der Waals surface area contributed by atoms with Crippen molar-refractivity contribution >= 4 is 5.97 Å². The SMILES string of the molecule is O=C(O)CCCc1nnnn1-c1ccccc1. The predicted molar refractivity (Wildman–Crippen MR) is 59.7 cm³/mol. The number of aryl methyl sites for hydroxylation is 1. The van der Waals surface area contributed by atoms with E-state index in [1.54, 1.807) is 4.68 Å². The maximum absolute atomic E-state index is 10.4. The lowest BCUT2D eigenvalue weighted by Crippen LogP contribution is -2.04. The summed E-state index contributed by atoms with van der Waals surface area (Å²) < 4.78 is 1.63. The van der Waals surface area contributed by atoms with Crippen LogP contribution in [0.1, 0.15) is 18.7 Å². The minimum Gasteiger partial charge on any atom is -0.481 e. The van der Waals surface area contributed by atoms with Gasteiger partial charge in [-0.1, -0.05) is 18.2 Å². The Morgan fingerprint density at radius 1 is 1.29 bits per heavy atom. The summed E-state index contributed by atoms with van der Waals surface area (Å²) in [5.41, 5.74) is 0.878. The Kier molecular flexibility index (Phi) is 3.44. The zero-order valence-electron chi connectivity index (χ0n) is 9.15. The monoisotopic (exact) mass is 232 g/mol. The molecule has 0 fully saturated rings. The van der Waals surface area contributed by atoms with Crippen LogP contribution in [0.2, 0.25) is 0 Å². The smallest absolute Gasteiger partial charge is 0.303 e. The van der Waals surface area contributed by atoms with Gasteiger partial charge in [-0.3, -0.25) is 4.79 Å². The number of hydrogen-bond acceptors (Lipinski definition) is 4. The largest absolute Gasteiger partial charge is 0.481 e. The fourth-order valence-corrected chi connectivity index (χ4v) is 1.53. The number of rotatable bonds is 5. The molecule has 0 aliphatic carbocycles. The van der Waals surface area contributed by atoms with Gasteiger partial charge in [0.05, 0.1) is 5.69 Å². The van der Waals surface area contributed by atoms with Crippen LogP contribution in [0.15, 0.2) is 30.3 Å². The summed E-state index contributed by atoms with van der Waals surface area (Å²) in [6, 6.07) is 9.52. The first-order chi connectivity index (χ1) is 8.27. The fourth-order valence-electron chi connectivity index (χ4n) is 1.53. The van der Waals surface area contributed by atoms with Crippen LogP contribution in [0.5, 0.6) is 0 Å². The van der Waals surface area contributed by atoms with Gasteiger partial charge in [0.25, 0.3) is 0 Å². The number of para-hydroxylation sites is 1. The van der Waals surface area contributed by atoms with E-state index in [1.165, 1.54) is 0 Å². The van der Waals surface area contributed by atoms with Crippen molar-refractivity contribution in [2.75, 3.05) is 0 Å². The third kappa shape index (κ3) is 2.87. The molecule has 1 N–H and O–H groups in total. The molecule has 6 nitrogen and oxygen atoms in total. The zero-order valence-corrected chi connectivity index (χ0v) is 9.15. The lowest BCUT2D eigenvalue weighted by atomic mass is 10.2. The molecule has 0 spiro atoms. The van der Waals surface area contributed by atoms with Gasteiger partial charge in [-0.05, 0) is 29.0 Å². The van der Waals surface area contributed by atoms with Crippen LogP contribution in [0.25, 0.3) is 5.69 Å². The number of carboxylic acid groups (broad SMARTS) is 1. The van der Waals surface area contributed by atoms with E-state index in [0.29, 0.717) is 18.7 Å². The number of nitrogens with zero attached hydrogens (tertiary/aromatic N) is 4. The Morgan fingerprint density at radius 2 is 2.06 bits per heavy atom. The first kappa shape index (κ1) is 11.3. The Morgan fingerprint density at radius 3 is 2.76 bits per heavy atom. The van der Waals surface area contributed by atoms with E-state index >= 15 is 0 Å². The molecule has 0 aliphatic heterocycles. The quantitative estimate of drug-likeness (QED) is 0.833. The minimum absolute atomic E-state index is 0.127. The highest BCUT2D eigenvalue weighted by molar-refractivity contribution is 5.66. The summed E-state index contributed by atoms with van der Waals surface area (Å²) in [5.74, 6) is -0.124. The lowest BCUT2D eigenvalue weighted by molar-refractivity contribution is -0.137. The van der Waals surface area contributed by atoms with Crippen molar-refractivity contribution < 1.29 is 9.90 Å². The first-order valence-corrected chi connectivity index (χ1v) is 5.32. The van der Waals surface area contributed by atoms with Crippen LogP contribution in [-0.2, 0) is 11.2 Å². The Bertz CT molecular complexity index is 495. The number of aliphatic carboxylic acids is 1. The molecular formula is C11H12N4O2. The molecule has 17 heavy (non-hydrogen) atoms. The second-order valence-corrected chi connectivity index (χ2v) is 3.59.